The summed E-state index contributed by atoms with van der Waals surface area (Å²) in [5.74, 6) is -0.317. The van der Waals surface area contributed by atoms with Crippen molar-refractivity contribution in [1.82, 2.24) is 4.98 Å². The van der Waals surface area contributed by atoms with Crippen LogP contribution in [-0.4, -0.2) is 10.8 Å². The van der Waals surface area contributed by atoms with E-state index in [1.807, 2.05) is 0 Å². The fraction of sp³-hybridized carbons (Fsp3) is 0.200. The number of halogens is 3. The van der Waals surface area contributed by atoms with Crippen molar-refractivity contribution in [2.45, 2.75) is 19.5 Å². The van der Waals surface area contributed by atoms with E-state index < -0.39 is 11.7 Å². The molecule has 2 nitrogen and oxygen atoms in total. The molecule has 0 saturated carbocycles. The van der Waals surface area contributed by atoms with Crippen LogP contribution in [0.4, 0.5) is 13.2 Å². The highest BCUT2D eigenvalue weighted by Gasteiger charge is 2.35. The average molecular weight is 279 g/mol. The predicted molar refractivity (Wildman–Crippen MR) is 69.3 cm³/mol. The normalized spacial score (nSPS) is 11.4. The van der Waals surface area contributed by atoms with Gasteiger partial charge in [-0.25, -0.2) is 0 Å². The first-order valence-electron chi connectivity index (χ1n) is 6.09. The first kappa shape index (κ1) is 14.2. The third-order valence-corrected chi connectivity index (χ3v) is 2.96. The van der Waals surface area contributed by atoms with E-state index >= 15 is 0 Å². The Kier molecular flexibility index (Phi) is 3.88. The second-order valence-corrected chi connectivity index (χ2v) is 4.24. The second-order valence-electron chi connectivity index (χ2n) is 4.24. The molecule has 0 aliphatic heterocycles. The third kappa shape index (κ3) is 2.71. The highest BCUT2D eigenvalue weighted by molar-refractivity contribution is 6.03. The van der Waals surface area contributed by atoms with E-state index in [0.717, 1.165) is 6.07 Å². The Balaban J connectivity index is 2.76. The molecule has 1 heterocycles. The predicted octanol–water partition coefficient (Wildman–Crippen LogP) is 4.36. The molecular formula is C15H12F3NO. The highest BCUT2D eigenvalue weighted by Crippen LogP contribution is 2.39. The molecule has 0 atom stereocenters. The summed E-state index contributed by atoms with van der Waals surface area (Å²) in [6, 6.07) is 6.61. The van der Waals surface area contributed by atoms with Crippen LogP contribution in [0, 0.1) is 0 Å². The Hall–Kier alpha value is -2.17. The van der Waals surface area contributed by atoms with Crippen molar-refractivity contribution < 1.29 is 18.0 Å². The van der Waals surface area contributed by atoms with Gasteiger partial charge in [0.2, 0.25) is 0 Å². The Morgan fingerprint density at radius 1 is 1.15 bits per heavy atom. The fourth-order valence-corrected chi connectivity index (χ4v) is 2.04. The van der Waals surface area contributed by atoms with Gasteiger partial charge in [0.25, 0.3) is 0 Å². The zero-order chi connectivity index (χ0) is 14.8. The molecule has 1 aromatic heterocycles. The van der Waals surface area contributed by atoms with Gasteiger partial charge in [-0.3, -0.25) is 9.78 Å². The Bertz CT molecular complexity index is 621. The van der Waals surface area contributed by atoms with Crippen molar-refractivity contribution in [2.75, 3.05) is 0 Å². The lowest BCUT2D eigenvalue weighted by atomic mass is 9.92. The number of carbonyl (C=O) groups is 1. The van der Waals surface area contributed by atoms with Crippen LogP contribution in [0.5, 0.6) is 0 Å². The lowest BCUT2D eigenvalue weighted by molar-refractivity contribution is -0.137. The molecule has 0 radical (unpaired) electrons. The molecule has 104 valence electrons. The van der Waals surface area contributed by atoms with Crippen molar-refractivity contribution >= 4 is 5.78 Å². The van der Waals surface area contributed by atoms with Crippen LogP contribution in [0.2, 0.25) is 0 Å². The van der Waals surface area contributed by atoms with Gasteiger partial charge in [-0.2, -0.15) is 13.2 Å². The van der Waals surface area contributed by atoms with Gasteiger partial charge in [-0.05, 0) is 23.8 Å². The molecule has 1 aromatic carbocycles. The van der Waals surface area contributed by atoms with Gasteiger partial charge in [0.05, 0.1) is 5.56 Å². The largest absolute Gasteiger partial charge is 0.417 e. The summed E-state index contributed by atoms with van der Waals surface area (Å²) < 4.78 is 39.5. The first-order valence-corrected chi connectivity index (χ1v) is 6.09. The Morgan fingerprint density at radius 3 is 2.35 bits per heavy atom. The smallest absolute Gasteiger partial charge is 0.294 e. The standard InChI is InChI=1S/C15H12F3NO/c1-2-13(20)11-4-3-5-12(15(16,17)18)14(11)10-6-8-19-9-7-10/h3-9H,2H2,1H3. The van der Waals surface area contributed by atoms with Gasteiger partial charge in [-0.1, -0.05) is 19.1 Å². The van der Waals surface area contributed by atoms with Crippen molar-refractivity contribution in [3.63, 3.8) is 0 Å². The number of rotatable bonds is 3. The number of hydrogen-bond acceptors (Lipinski definition) is 2. The number of benzene rings is 1. The van der Waals surface area contributed by atoms with Crippen molar-refractivity contribution in [2.24, 2.45) is 0 Å². The minimum Gasteiger partial charge on any atom is -0.294 e. The van der Waals surface area contributed by atoms with Gasteiger partial charge < -0.3 is 0 Å². The van der Waals surface area contributed by atoms with Crippen LogP contribution in [0.3, 0.4) is 0 Å². The average Bonchev–Trinajstić information content (AvgIpc) is 2.45. The Morgan fingerprint density at radius 2 is 1.80 bits per heavy atom. The van der Waals surface area contributed by atoms with E-state index in [-0.39, 0.29) is 23.3 Å². The second kappa shape index (κ2) is 5.45. The molecule has 0 saturated heterocycles. The fourth-order valence-electron chi connectivity index (χ4n) is 2.04. The topological polar surface area (TPSA) is 30.0 Å². The lowest BCUT2D eigenvalue weighted by Gasteiger charge is -2.16. The number of hydrogen-bond donors (Lipinski definition) is 0. The van der Waals surface area contributed by atoms with Crippen LogP contribution in [-0.2, 0) is 6.18 Å². The SMILES string of the molecule is CCC(=O)c1cccc(C(F)(F)F)c1-c1ccncc1. The van der Waals surface area contributed by atoms with E-state index in [4.69, 9.17) is 0 Å². The number of nitrogens with zero attached hydrogens (tertiary/aromatic N) is 1. The number of Topliss-reactive ketones (excluding diaryl/α,β-unsaturated/α-hetero) is 1. The van der Waals surface area contributed by atoms with E-state index in [1.54, 1.807) is 6.92 Å². The molecule has 0 fully saturated rings. The van der Waals surface area contributed by atoms with Crippen molar-refractivity contribution in [3.05, 3.63) is 53.9 Å². The number of alkyl halides is 3. The van der Waals surface area contributed by atoms with Gasteiger partial charge >= 0.3 is 6.18 Å². The maximum absolute atomic E-state index is 13.2. The minimum atomic E-state index is -4.51. The van der Waals surface area contributed by atoms with Crippen LogP contribution in [0.25, 0.3) is 11.1 Å². The van der Waals surface area contributed by atoms with Crippen LogP contribution < -0.4 is 0 Å². The summed E-state index contributed by atoms with van der Waals surface area (Å²) in [6.07, 6.45) is -1.55. The van der Waals surface area contributed by atoms with E-state index in [0.29, 0.717) is 5.56 Å². The molecule has 0 aliphatic carbocycles. The van der Waals surface area contributed by atoms with E-state index in [2.05, 4.69) is 4.98 Å². The number of ketones is 1. The summed E-state index contributed by atoms with van der Waals surface area (Å²) in [4.78, 5) is 15.7. The molecule has 0 amide bonds. The quantitative estimate of drug-likeness (QED) is 0.781. The van der Waals surface area contributed by atoms with Gasteiger partial charge in [0.1, 0.15) is 0 Å². The molecule has 5 heteroatoms. The zero-order valence-corrected chi connectivity index (χ0v) is 10.7. The van der Waals surface area contributed by atoms with E-state index in [9.17, 15) is 18.0 Å². The molecule has 0 aliphatic rings. The third-order valence-electron chi connectivity index (χ3n) is 2.96. The monoisotopic (exact) mass is 279 g/mol. The van der Waals surface area contributed by atoms with Crippen LogP contribution in [0.15, 0.2) is 42.7 Å². The Labute approximate surface area is 114 Å². The summed E-state index contributed by atoms with van der Waals surface area (Å²) in [5, 5.41) is 0. The van der Waals surface area contributed by atoms with Crippen LogP contribution in [0.1, 0.15) is 29.3 Å². The van der Waals surface area contributed by atoms with Crippen LogP contribution >= 0.6 is 0 Å². The molecule has 0 spiro atoms. The maximum atomic E-state index is 13.2. The number of carbonyl (C=O) groups excluding carboxylic acids is 1. The maximum Gasteiger partial charge on any atom is 0.417 e. The van der Waals surface area contributed by atoms with Crippen molar-refractivity contribution in [1.29, 1.82) is 0 Å². The lowest BCUT2D eigenvalue weighted by Crippen LogP contribution is -2.11. The van der Waals surface area contributed by atoms with E-state index in [1.165, 1.54) is 36.7 Å². The summed E-state index contributed by atoms with van der Waals surface area (Å²) in [6.45, 7) is 1.62. The van der Waals surface area contributed by atoms with Crippen molar-refractivity contribution in [3.8, 4) is 11.1 Å². The van der Waals surface area contributed by atoms with Gasteiger partial charge in [0, 0.05) is 29.9 Å². The summed E-state index contributed by atoms with van der Waals surface area (Å²) in [5.41, 5.74) is -0.449. The van der Waals surface area contributed by atoms with Gasteiger partial charge in [0.15, 0.2) is 5.78 Å². The molecule has 0 bridgehead atoms. The minimum absolute atomic E-state index is 0.0748. The zero-order valence-electron chi connectivity index (χ0n) is 10.7. The number of aromatic nitrogens is 1. The number of pyridine rings is 1. The van der Waals surface area contributed by atoms with Gasteiger partial charge in [-0.15, -0.1) is 0 Å². The molecular weight excluding hydrogens is 267 g/mol. The molecule has 0 N–H and O–H groups in total. The molecule has 2 rings (SSSR count). The molecule has 20 heavy (non-hydrogen) atoms. The first-order chi connectivity index (χ1) is 9.45. The summed E-state index contributed by atoms with van der Waals surface area (Å²) in [7, 11) is 0. The summed E-state index contributed by atoms with van der Waals surface area (Å²) >= 11 is 0. The molecule has 2 aromatic rings. The highest BCUT2D eigenvalue weighted by atomic mass is 19.4. The molecule has 0 unspecified atom stereocenters.